The lowest BCUT2D eigenvalue weighted by Crippen LogP contribution is -2.06. The summed E-state index contributed by atoms with van der Waals surface area (Å²) in [5.41, 5.74) is 1.79. The fourth-order valence-electron chi connectivity index (χ4n) is 2.55. The first kappa shape index (κ1) is 19.1. The average Bonchev–Trinajstić information content (AvgIpc) is 3.02. The van der Waals surface area contributed by atoms with E-state index in [1.165, 1.54) is 30.4 Å². The smallest absolute Gasteiger partial charge is 0.348 e. The molecule has 0 aliphatic rings. The van der Waals surface area contributed by atoms with Gasteiger partial charge in [-0.25, -0.2) is 9.18 Å². The van der Waals surface area contributed by atoms with Gasteiger partial charge in [-0.1, -0.05) is 11.6 Å². The number of nitrogens with one attached hydrogen (secondary N) is 2. The Labute approximate surface area is 164 Å². The molecule has 1 amide bonds. The Hall–Kier alpha value is -2.64. The van der Waals surface area contributed by atoms with E-state index in [1.54, 1.807) is 31.2 Å². The van der Waals surface area contributed by atoms with Gasteiger partial charge in [-0.2, -0.15) is 0 Å². The molecule has 0 atom stereocenters. The molecule has 5 nitrogen and oxygen atoms in total. The molecule has 1 heterocycles. The van der Waals surface area contributed by atoms with Crippen molar-refractivity contribution in [2.75, 3.05) is 17.2 Å². The van der Waals surface area contributed by atoms with Crippen LogP contribution >= 0.6 is 22.9 Å². The number of benzene rings is 2. The maximum Gasteiger partial charge on any atom is 0.348 e. The van der Waals surface area contributed by atoms with Gasteiger partial charge in [0, 0.05) is 34.1 Å². The van der Waals surface area contributed by atoms with Crippen LogP contribution in [0.2, 0.25) is 5.02 Å². The normalized spacial score (nSPS) is 10.7. The van der Waals surface area contributed by atoms with Crippen LogP contribution in [0.25, 0.3) is 10.1 Å². The number of hydrogen-bond donors (Lipinski definition) is 2. The first-order valence-electron chi connectivity index (χ1n) is 8.11. The first-order chi connectivity index (χ1) is 12.9. The maximum absolute atomic E-state index is 13.4. The molecule has 1 aromatic heterocycles. The van der Waals surface area contributed by atoms with Crippen LogP contribution < -0.4 is 10.6 Å². The van der Waals surface area contributed by atoms with Crippen molar-refractivity contribution in [1.82, 2.24) is 0 Å². The summed E-state index contributed by atoms with van der Waals surface area (Å²) in [6, 6.07) is 9.53. The molecule has 2 aromatic carbocycles. The van der Waals surface area contributed by atoms with Gasteiger partial charge in [0.1, 0.15) is 10.7 Å². The predicted octanol–water partition coefficient (Wildman–Crippen LogP) is 5.57. The topological polar surface area (TPSA) is 67.4 Å². The highest BCUT2D eigenvalue weighted by molar-refractivity contribution is 7.20. The zero-order valence-corrected chi connectivity index (χ0v) is 16.1. The van der Waals surface area contributed by atoms with Crippen molar-refractivity contribution in [3.05, 3.63) is 52.1 Å². The number of rotatable bonds is 5. The van der Waals surface area contributed by atoms with Gasteiger partial charge in [0.15, 0.2) is 0 Å². The van der Waals surface area contributed by atoms with Crippen LogP contribution in [0.1, 0.15) is 23.5 Å². The van der Waals surface area contributed by atoms with Crippen molar-refractivity contribution < 1.29 is 18.7 Å². The zero-order chi connectivity index (χ0) is 19.6. The summed E-state index contributed by atoms with van der Waals surface area (Å²) in [5, 5.41) is 6.67. The Balaban J connectivity index is 2.07. The second-order valence-corrected chi connectivity index (χ2v) is 7.19. The molecule has 8 heteroatoms. The van der Waals surface area contributed by atoms with E-state index >= 15 is 0 Å². The number of halogens is 2. The SMILES string of the molecule is CCOC(=O)c1cc2c(Nc3ccc(F)c(Cl)c3)cc(NC(C)=O)cc2s1. The fourth-order valence-corrected chi connectivity index (χ4v) is 3.75. The van der Waals surface area contributed by atoms with E-state index in [0.29, 0.717) is 21.9 Å². The molecular weight excluding hydrogens is 391 g/mol. The van der Waals surface area contributed by atoms with Crippen LogP contribution in [-0.2, 0) is 9.53 Å². The third kappa shape index (κ3) is 4.37. The third-order valence-corrected chi connectivity index (χ3v) is 4.98. The van der Waals surface area contributed by atoms with Crippen LogP contribution in [0.4, 0.5) is 21.5 Å². The summed E-state index contributed by atoms with van der Waals surface area (Å²) in [7, 11) is 0. The maximum atomic E-state index is 13.4. The van der Waals surface area contributed by atoms with E-state index in [4.69, 9.17) is 16.3 Å². The molecule has 0 saturated heterocycles. The Morgan fingerprint density at radius 3 is 2.63 bits per heavy atom. The molecule has 3 rings (SSSR count). The fraction of sp³-hybridized carbons (Fsp3) is 0.158. The second-order valence-electron chi connectivity index (χ2n) is 5.70. The largest absolute Gasteiger partial charge is 0.462 e. The highest BCUT2D eigenvalue weighted by Crippen LogP contribution is 2.37. The first-order valence-corrected chi connectivity index (χ1v) is 9.31. The Bertz CT molecular complexity index is 1040. The molecule has 140 valence electrons. The van der Waals surface area contributed by atoms with Crippen LogP contribution in [0.5, 0.6) is 0 Å². The van der Waals surface area contributed by atoms with E-state index in [1.807, 2.05) is 0 Å². The van der Waals surface area contributed by atoms with Gasteiger partial charge in [0.25, 0.3) is 0 Å². The van der Waals surface area contributed by atoms with Crippen molar-refractivity contribution in [3.8, 4) is 0 Å². The predicted molar refractivity (Wildman–Crippen MR) is 107 cm³/mol. The number of ether oxygens (including phenoxy) is 1. The molecular formula is C19H16ClFN2O3S. The third-order valence-electron chi connectivity index (χ3n) is 3.63. The van der Waals surface area contributed by atoms with Crippen molar-refractivity contribution in [3.63, 3.8) is 0 Å². The standard InChI is InChI=1S/C19H16ClFN2O3S/c1-3-26-19(25)18-9-13-16(23-11-4-5-15(21)14(20)6-11)7-12(22-10(2)24)8-17(13)27-18/h4-9,23H,3H2,1-2H3,(H,22,24). The van der Waals surface area contributed by atoms with Crippen LogP contribution in [0.15, 0.2) is 36.4 Å². The van der Waals surface area contributed by atoms with E-state index < -0.39 is 11.8 Å². The van der Waals surface area contributed by atoms with Crippen molar-refractivity contribution in [2.24, 2.45) is 0 Å². The molecule has 0 aliphatic heterocycles. The van der Waals surface area contributed by atoms with Crippen molar-refractivity contribution in [1.29, 1.82) is 0 Å². The lowest BCUT2D eigenvalue weighted by molar-refractivity contribution is -0.114. The van der Waals surface area contributed by atoms with Crippen LogP contribution in [-0.4, -0.2) is 18.5 Å². The highest BCUT2D eigenvalue weighted by atomic mass is 35.5. The Morgan fingerprint density at radius 2 is 1.96 bits per heavy atom. The number of hydrogen-bond acceptors (Lipinski definition) is 5. The Morgan fingerprint density at radius 1 is 1.19 bits per heavy atom. The second kappa shape index (κ2) is 7.94. The number of thiophene rings is 1. The van der Waals surface area contributed by atoms with E-state index in [0.717, 1.165) is 10.1 Å². The molecule has 0 bridgehead atoms. The van der Waals surface area contributed by atoms with Gasteiger partial charge < -0.3 is 15.4 Å². The summed E-state index contributed by atoms with van der Waals surface area (Å²) in [6.45, 7) is 3.43. The van der Waals surface area contributed by atoms with Gasteiger partial charge in [0.05, 0.1) is 11.6 Å². The Kier molecular flexibility index (Phi) is 5.62. The summed E-state index contributed by atoms with van der Waals surface area (Å²) >= 11 is 7.11. The molecule has 3 aromatic rings. The molecule has 27 heavy (non-hydrogen) atoms. The molecule has 0 saturated carbocycles. The van der Waals surface area contributed by atoms with Crippen LogP contribution in [0.3, 0.4) is 0 Å². The van der Waals surface area contributed by atoms with Gasteiger partial charge >= 0.3 is 5.97 Å². The molecule has 0 aliphatic carbocycles. The number of fused-ring (bicyclic) bond motifs is 1. The highest BCUT2D eigenvalue weighted by Gasteiger charge is 2.15. The number of anilines is 3. The van der Waals surface area contributed by atoms with Crippen LogP contribution in [0, 0.1) is 5.82 Å². The quantitative estimate of drug-likeness (QED) is 0.543. The summed E-state index contributed by atoms with van der Waals surface area (Å²) in [4.78, 5) is 24.0. The lowest BCUT2D eigenvalue weighted by atomic mass is 10.1. The van der Waals surface area contributed by atoms with E-state index in [9.17, 15) is 14.0 Å². The van der Waals surface area contributed by atoms with Crippen molar-refractivity contribution in [2.45, 2.75) is 13.8 Å². The molecule has 0 fully saturated rings. The minimum absolute atomic E-state index is 0.00760. The number of amides is 1. The van der Waals surface area contributed by atoms with Gasteiger partial charge in [-0.3, -0.25) is 4.79 Å². The average molecular weight is 407 g/mol. The van der Waals surface area contributed by atoms with Gasteiger partial charge in [-0.05, 0) is 43.3 Å². The number of esters is 1. The van der Waals surface area contributed by atoms with Gasteiger partial charge in [-0.15, -0.1) is 11.3 Å². The van der Waals surface area contributed by atoms with E-state index in [-0.39, 0.29) is 17.5 Å². The molecule has 0 unspecified atom stereocenters. The zero-order valence-electron chi connectivity index (χ0n) is 14.6. The summed E-state index contributed by atoms with van der Waals surface area (Å²) in [6.07, 6.45) is 0. The summed E-state index contributed by atoms with van der Waals surface area (Å²) < 4.78 is 19.3. The molecule has 2 N–H and O–H groups in total. The molecule has 0 spiro atoms. The molecule has 0 radical (unpaired) electrons. The number of carbonyl (C=O) groups excluding carboxylic acids is 2. The number of carbonyl (C=O) groups is 2. The minimum Gasteiger partial charge on any atom is -0.462 e. The summed E-state index contributed by atoms with van der Waals surface area (Å²) in [5.74, 6) is -1.14. The van der Waals surface area contributed by atoms with E-state index in [2.05, 4.69) is 10.6 Å². The minimum atomic E-state index is -0.514. The van der Waals surface area contributed by atoms with Crippen molar-refractivity contribution >= 4 is 62.0 Å². The van der Waals surface area contributed by atoms with Gasteiger partial charge in [0.2, 0.25) is 5.91 Å². The lowest BCUT2D eigenvalue weighted by Gasteiger charge is -2.11. The monoisotopic (exact) mass is 406 g/mol.